The number of hydrogen-bond donors (Lipinski definition) is 2. The van der Waals surface area contributed by atoms with Gasteiger partial charge < -0.3 is 11.1 Å². The third-order valence-electron chi connectivity index (χ3n) is 2.67. The number of nitrogens with two attached hydrogens (primary N) is 1. The fraction of sp³-hybridized carbons (Fsp3) is 0.385. The molecule has 1 aromatic rings. The van der Waals surface area contributed by atoms with E-state index in [1.54, 1.807) is 0 Å². The number of thiocarbonyl (C=S) groups is 1. The summed E-state index contributed by atoms with van der Waals surface area (Å²) in [6, 6.07) is 4.19. The van der Waals surface area contributed by atoms with Gasteiger partial charge in [-0.3, -0.25) is 4.79 Å². The van der Waals surface area contributed by atoms with Crippen molar-refractivity contribution < 1.29 is 9.18 Å². The molecule has 0 heterocycles. The fourth-order valence-corrected chi connectivity index (χ4v) is 1.78. The molecule has 1 unspecified atom stereocenters. The van der Waals surface area contributed by atoms with Crippen LogP contribution < -0.4 is 11.1 Å². The van der Waals surface area contributed by atoms with E-state index >= 15 is 0 Å². The number of benzene rings is 1. The smallest absolute Gasteiger partial charge is 0.227 e. The predicted molar refractivity (Wildman–Crippen MR) is 75.0 cm³/mol. The standard InChI is InChI=1S/C13H17FN2OS/c1-3-4-8(2)13(17)16-9-5-6-11(14)10(7-9)12(15)18/h5-8H,3-4H2,1-2H3,(H2,15,18)(H,16,17). The maximum Gasteiger partial charge on any atom is 0.227 e. The molecule has 1 aromatic carbocycles. The molecule has 0 spiro atoms. The number of rotatable bonds is 5. The summed E-state index contributed by atoms with van der Waals surface area (Å²) >= 11 is 4.74. The lowest BCUT2D eigenvalue weighted by atomic mass is 10.1. The molecule has 0 saturated heterocycles. The third-order valence-corrected chi connectivity index (χ3v) is 2.89. The van der Waals surface area contributed by atoms with E-state index in [4.69, 9.17) is 18.0 Å². The molecule has 0 aliphatic carbocycles. The summed E-state index contributed by atoms with van der Waals surface area (Å²) < 4.78 is 13.4. The van der Waals surface area contributed by atoms with Gasteiger partial charge in [-0.2, -0.15) is 0 Å². The molecule has 0 saturated carbocycles. The molecule has 0 radical (unpaired) electrons. The van der Waals surface area contributed by atoms with E-state index < -0.39 is 5.82 Å². The second-order valence-electron chi connectivity index (χ2n) is 4.24. The van der Waals surface area contributed by atoms with Gasteiger partial charge in [0.25, 0.3) is 0 Å². The Morgan fingerprint density at radius 1 is 1.56 bits per heavy atom. The molecule has 1 atom stereocenters. The van der Waals surface area contributed by atoms with Gasteiger partial charge in [0.2, 0.25) is 5.91 Å². The van der Waals surface area contributed by atoms with Gasteiger partial charge in [-0.25, -0.2) is 4.39 Å². The van der Waals surface area contributed by atoms with Crippen LogP contribution in [-0.2, 0) is 4.79 Å². The van der Waals surface area contributed by atoms with E-state index in [0.29, 0.717) is 5.69 Å². The quantitative estimate of drug-likeness (QED) is 0.807. The first-order valence-corrected chi connectivity index (χ1v) is 6.26. The average Bonchev–Trinajstić information content (AvgIpc) is 2.31. The number of carbonyl (C=O) groups is 1. The van der Waals surface area contributed by atoms with Gasteiger partial charge >= 0.3 is 0 Å². The molecule has 1 rings (SSSR count). The summed E-state index contributed by atoms with van der Waals surface area (Å²) in [5.41, 5.74) is 6.05. The normalized spacial score (nSPS) is 11.9. The molecule has 3 N–H and O–H groups in total. The van der Waals surface area contributed by atoms with Crippen molar-refractivity contribution >= 4 is 28.8 Å². The number of carbonyl (C=O) groups excluding carboxylic acids is 1. The molecule has 98 valence electrons. The fourth-order valence-electron chi connectivity index (χ4n) is 1.62. The van der Waals surface area contributed by atoms with Crippen molar-refractivity contribution in [2.75, 3.05) is 5.32 Å². The lowest BCUT2D eigenvalue weighted by molar-refractivity contribution is -0.119. The highest BCUT2D eigenvalue weighted by atomic mass is 32.1. The maximum absolute atomic E-state index is 13.4. The van der Waals surface area contributed by atoms with Gasteiger partial charge in [0.1, 0.15) is 10.8 Å². The van der Waals surface area contributed by atoms with Crippen molar-refractivity contribution in [1.29, 1.82) is 0 Å². The minimum atomic E-state index is -0.484. The Balaban J connectivity index is 2.82. The zero-order valence-electron chi connectivity index (χ0n) is 10.5. The van der Waals surface area contributed by atoms with E-state index in [1.165, 1.54) is 18.2 Å². The Morgan fingerprint density at radius 2 is 2.22 bits per heavy atom. The van der Waals surface area contributed by atoms with Crippen molar-refractivity contribution in [1.82, 2.24) is 0 Å². The maximum atomic E-state index is 13.4. The summed E-state index contributed by atoms with van der Waals surface area (Å²) in [4.78, 5) is 11.8. The first-order valence-electron chi connectivity index (χ1n) is 5.86. The van der Waals surface area contributed by atoms with Gasteiger partial charge in [0.05, 0.1) is 0 Å². The molecule has 1 amide bonds. The van der Waals surface area contributed by atoms with Crippen molar-refractivity contribution in [3.63, 3.8) is 0 Å². The Morgan fingerprint density at radius 3 is 2.78 bits per heavy atom. The van der Waals surface area contributed by atoms with Crippen LogP contribution in [0.4, 0.5) is 10.1 Å². The van der Waals surface area contributed by atoms with Crippen molar-refractivity contribution in [2.45, 2.75) is 26.7 Å². The van der Waals surface area contributed by atoms with Crippen molar-refractivity contribution in [3.05, 3.63) is 29.6 Å². The minimum Gasteiger partial charge on any atom is -0.389 e. The second kappa shape index (κ2) is 6.44. The van der Waals surface area contributed by atoms with Crippen LogP contribution in [0.25, 0.3) is 0 Å². The van der Waals surface area contributed by atoms with Crippen LogP contribution >= 0.6 is 12.2 Å². The van der Waals surface area contributed by atoms with Crippen LogP contribution in [0, 0.1) is 11.7 Å². The van der Waals surface area contributed by atoms with Crippen molar-refractivity contribution in [3.8, 4) is 0 Å². The first kappa shape index (κ1) is 14.6. The molecule has 18 heavy (non-hydrogen) atoms. The minimum absolute atomic E-state index is 0.0230. The van der Waals surface area contributed by atoms with Crippen LogP contribution in [0.2, 0.25) is 0 Å². The summed E-state index contributed by atoms with van der Waals surface area (Å²) in [5.74, 6) is -0.646. The summed E-state index contributed by atoms with van der Waals surface area (Å²) in [5, 5.41) is 2.73. The highest BCUT2D eigenvalue weighted by molar-refractivity contribution is 7.80. The molecule has 3 nitrogen and oxygen atoms in total. The Kier molecular flexibility index (Phi) is 5.22. The summed E-state index contributed by atoms with van der Waals surface area (Å²) in [7, 11) is 0. The van der Waals surface area contributed by atoms with E-state index in [2.05, 4.69) is 5.32 Å². The number of amides is 1. The molecule has 0 bridgehead atoms. The number of nitrogens with one attached hydrogen (secondary N) is 1. The molecule has 0 aromatic heterocycles. The molecular weight excluding hydrogens is 251 g/mol. The molecular formula is C13H17FN2OS. The largest absolute Gasteiger partial charge is 0.389 e. The molecule has 5 heteroatoms. The molecule has 0 aliphatic rings. The van der Waals surface area contributed by atoms with Crippen LogP contribution in [0.3, 0.4) is 0 Å². The first-order chi connectivity index (χ1) is 8.45. The highest BCUT2D eigenvalue weighted by Gasteiger charge is 2.13. The van der Waals surface area contributed by atoms with Crippen LogP contribution in [0.15, 0.2) is 18.2 Å². The monoisotopic (exact) mass is 268 g/mol. The van der Waals surface area contributed by atoms with Crippen LogP contribution in [0.5, 0.6) is 0 Å². The topological polar surface area (TPSA) is 55.1 Å². The zero-order valence-corrected chi connectivity index (χ0v) is 11.3. The van der Waals surface area contributed by atoms with E-state index in [9.17, 15) is 9.18 Å². The SMILES string of the molecule is CCCC(C)C(=O)Nc1ccc(F)c(C(N)=S)c1. The third kappa shape index (κ3) is 3.77. The van der Waals surface area contributed by atoms with Crippen molar-refractivity contribution in [2.24, 2.45) is 11.7 Å². The van der Waals surface area contributed by atoms with E-state index in [-0.39, 0.29) is 22.4 Å². The molecule has 0 fully saturated rings. The van der Waals surface area contributed by atoms with Gasteiger partial charge in [-0.05, 0) is 24.6 Å². The lowest BCUT2D eigenvalue weighted by Gasteiger charge is -2.12. The average molecular weight is 268 g/mol. The van der Waals surface area contributed by atoms with E-state index in [1.807, 2.05) is 13.8 Å². The number of hydrogen-bond acceptors (Lipinski definition) is 2. The second-order valence-corrected chi connectivity index (χ2v) is 4.68. The van der Waals surface area contributed by atoms with Gasteiger partial charge in [0.15, 0.2) is 0 Å². The van der Waals surface area contributed by atoms with Gasteiger partial charge in [-0.15, -0.1) is 0 Å². The summed E-state index contributed by atoms with van der Waals surface area (Å²) in [6.07, 6.45) is 1.76. The van der Waals surface area contributed by atoms with E-state index in [0.717, 1.165) is 12.8 Å². The Bertz CT molecular complexity index is 462. The molecule has 0 aliphatic heterocycles. The highest BCUT2D eigenvalue weighted by Crippen LogP contribution is 2.16. The zero-order chi connectivity index (χ0) is 13.7. The Hall–Kier alpha value is -1.49. The number of halogens is 1. The summed E-state index contributed by atoms with van der Waals surface area (Å²) in [6.45, 7) is 3.88. The Labute approximate surface area is 112 Å². The lowest BCUT2D eigenvalue weighted by Crippen LogP contribution is -2.21. The predicted octanol–water partition coefficient (Wildman–Crippen LogP) is 2.83. The number of anilines is 1. The van der Waals surface area contributed by atoms with Gasteiger partial charge in [-0.1, -0.05) is 32.5 Å². The van der Waals surface area contributed by atoms with Crippen LogP contribution in [0.1, 0.15) is 32.3 Å². The van der Waals surface area contributed by atoms with Crippen LogP contribution in [-0.4, -0.2) is 10.9 Å². The van der Waals surface area contributed by atoms with Gasteiger partial charge in [0, 0.05) is 17.2 Å².